The fourth-order valence-corrected chi connectivity index (χ4v) is 4.44. The predicted octanol–water partition coefficient (Wildman–Crippen LogP) is 2.96. The van der Waals surface area contributed by atoms with Crippen molar-refractivity contribution < 1.29 is 27.8 Å². The minimum Gasteiger partial charge on any atom is -0.505 e. The van der Waals surface area contributed by atoms with E-state index in [1.165, 1.54) is 24.1 Å². The third-order valence-electron chi connectivity index (χ3n) is 5.45. The highest BCUT2D eigenvalue weighted by molar-refractivity contribution is 7.89. The molecule has 0 saturated carbocycles. The maximum atomic E-state index is 12.4. The number of hydrogen-bond donors (Lipinski definition) is 3. The minimum absolute atomic E-state index is 0.0338. The van der Waals surface area contributed by atoms with Gasteiger partial charge < -0.3 is 30.1 Å². The maximum Gasteiger partial charge on any atom is 0.367 e. The zero-order chi connectivity index (χ0) is 26.8. The lowest BCUT2D eigenvalue weighted by Gasteiger charge is -2.33. The van der Waals surface area contributed by atoms with Crippen LogP contribution in [0.4, 0.5) is 5.69 Å². The molecule has 0 aliphatic carbocycles. The first-order chi connectivity index (χ1) is 16.8. The Kier molecular flexibility index (Phi) is 7.48. The molecule has 36 heavy (non-hydrogen) atoms. The number of methoxy groups -OCH3 is 2. The van der Waals surface area contributed by atoms with Crippen molar-refractivity contribution in [3.63, 3.8) is 0 Å². The van der Waals surface area contributed by atoms with Gasteiger partial charge in [0.15, 0.2) is 28.9 Å². The number of hydrogen-bond acceptors (Lipinski definition) is 8. The molecule has 0 bridgehead atoms. The van der Waals surface area contributed by atoms with Crippen LogP contribution in [0.2, 0.25) is 0 Å². The van der Waals surface area contributed by atoms with E-state index in [4.69, 9.17) is 9.47 Å². The van der Waals surface area contributed by atoms with Gasteiger partial charge in [-0.25, -0.2) is 0 Å². The van der Waals surface area contributed by atoms with Crippen LogP contribution in [0.25, 0.3) is 0 Å². The SMILES string of the molecule is COc1ccc(C(NC2=NS(=O)(=O)N=C2Nc2cccc(C(=O)N(C)C)c2O)C(C)(C)C)cc1OC. The lowest BCUT2D eigenvalue weighted by molar-refractivity contribution is 0.0824. The van der Waals surface area contributed by atoms with Crippen LogP contribution < -0.4 is 20.1 Å². The zero-order valence-corrected chi connectivity index (χ0v) is 22.1. The van der Waals surface area contributed by atoms with Crippen LogP contribution in [0.5, 0.6) is 17.2 Å². The molecule has 194 valence electrons. The number of carbonyl (C=O) groups is 1. The Hall–Kier alpha value is -3.80. The van der Waals surface area contributed by atoms with Crippen molar-refractivity contribution in [3.8, 4) is 17.2 Å². The largest absolute Gasteiger partial charge is 0.505 e. The lowest BCUT2D eigenvalue weighted by Crippen LogP contribution is -2.41. The van der Waals surface area contributed by atoms with E-state index >= 15 is 0 Å². The number of nitrogens with one attached hydrogen (secondary N) is 2. The molecule has 1 amide bonds. The highest BCUT2D eigenvalue weighted by Gasteiger charge is 2.33. The number of rotatable bonds is 6. The van der Waals surface area contributed by atoms with Gasteiger partial charge >= 0.3 is 10.2 Å². The van der Waals surface area contributed by atoms with Gasteiger partial charge in [-0.1, -0.05) is 32.9 Å². The second-order valence-corrected chi connectivity index (χ2v) is 10.7. The average Bonchev–Trinajstić information content (AvgIpc) is 3.09. The Bertz CT molecular complexity index is 1330. The van der Waals surface area contributed by atoms with E-state index < -0.39 is 27.6 Å². The van der Waals surface area contributed by atoms with Crippen LogP contribution in [-0.4, -0.2) is 64.3 Å². The summed E-state index contributed by atoms with van der Waals surface area (Å²) in [6.07, 6.45) is 0. The highest BCUT2D eigenvalue weighted by atomic mass is 32.2. The molecule has 0 spiro atoms. The molecule has 1 heterocycles. The van der Waals surface area contributed by atoms with Crippen LogP contribution in [-0.2, 0) is 10.2 Å². The van der Waals surface area contributed by atoms with Gasteiger partial charge in [0.1, 0.15) is 0 Å². The minimum atomic E-state index is -4.16. The number of ether oxygens (including phenoxy) is 2. The summed E-state index contributed by atoms with van der Waals surface area (Å²) in [5, 5.41) is 16.7. The first kappa shape index (κ1) is 26.8. The molecule has 12 heteroatoms. The maximum absolute atomic E-state index is 12.4. The van der Waals surface area contributed by atoms with E-state index in [1.54, 1.807) is 39.4 Å². The van der Waals surface area contributed by atoms with Crippen molar-refractivity contribution in [3.05, 3.63) is 47.5 Å². The topological polar surface area (TPSA) is 142 Å². The second kappa shape index (κ2) is 10.1. The van der Waals surface area contributed by atoms with Crippen molar-refractivity contribution in [1.82, 2.24) is 10.2 Å². The summed E-state index contributed by atoms with van der Waals surface area (Å²) < 4.78 is 42.9. The van der Waals surface area contributed by atoms with Crippen LogP contribution in [0.15, 0.2) is 45.2 Å². The number of phenols is 1. The van der Waals surface area contributed by atoms with Crippen LogP contribution in [0.1, 0.15) is 42.7 Å². The average molecular weight is 518 g/mol. The van der Waals surface area contributed by atoms with Crippen LogP contribution in [0, 0.1) is 5.41 Å². The number of amides is 1. The molecule has 1 unspecified atom stereocenters. The molecule has 3 N–H and O–H groups in total. The standard InChI is InChI=1S/C24H31N5O6S/c1-24(2,3)20(14-11-12-17(34-6)18(13-14)35-7)26-22-21(27-36(32,33)28-22)25-16-10-8-9-15(19(16)30)23(31)29(4)5/h8-13,20,30H,1-7H3,(H,25,27)(H,26,28). The normalized spacial score (nSPS) is 15.4. The van der Waals surface area contributed by atoms with Gasteiger partial charge in [0, 0.05) is 14.1 Å². The monoisotopic (exact) mass is 517 g/mol. The molecule has 3 rings (SSSR count). The Morgan fingerprint density at radius 1 is 1.03 bits per heavy atom. The summed E-state index contributed by atoms with van der Waals surface area (Å²) in [6, 6.07) is 9.53. The zero-order valence-electron chi connectivity index (χ0n) is 21.3. The smallest absolute Gasteiger partial charge is 0.367 e. The van der Waals surface area contributed by atoms with Gasteiger partial charge in [-0.05, 0) is 35.2 Å². The Morgan fingerprint density at radius 3 is 2.25 bits per heavy atom. The van der Waals surface area contributed by atoms with Crippen molar-refractivity contribution in [2.75, 3.05) is 33.6 Å². The van der Waals surface area contributed by atoms with Gasteiger partial charge in [0.25, 0.3) is 5.91 Å². The number of para-hydroxylation sites is 1. The molecule has 0 saturated heterocycles. The third kappa shape index (κ3) is 5.70. The molecule has 11 nitrogen and oxygen atoms in total. The molecule has 0 fully saturated rings. The first-order valence-corrected chi connectivity index (χ1v) is 12.4. The predicted molar refractivity (Wildman–Crippen MR) is 138 cm³/mol. The van der Waals surface area contributed by atoms with Crippen molar-refractivity contribution >= 4 is 33.5 Å². The summed E-state index contributed by atoms with van der Waals surface area (Å²) in [4.78, 5) is 13.7. The number of anilines is 1. The van der Waals surface area contributed by atoms with E-state index in [1.807, 2.05) is 26.8 Å². The third-order valence-corrected chi connectivity index (χ3v) is 6.28. The number of nitrogens with zero attached hydrogens (tertiary/aromatic N) is 3. The molecule has 1 aliphatic rings. The van der Waals surface area contributed by atoms with E-state index in [2.05, 4.69) is 19.4 Å². The summed E-state index contributed by atoms with van der Waals surface area (Å²) in [5.41, 5.74) is 0.551. The number of aromatic hydroxyl groups is 1. The Balaban J connectivity index is 1.99. The Labute approximate surface area is 211 Å². The summed E-state index contributed by atoms with van der Waals surface area (Å²) in [5.74, 6) is 0.177. The van der Waals surface area contributed by atoms with Gasteiger partial charge in [0.05, 0.1) is 31.5 Å². The fraction of sp³-hybridized carbons (Fsp3) is 0.375. The summed E-state index contributed by atoms with van der Waals surface area (Å²) >= 11 is 0. The van der Waals surface area contributed by atoms with E-state index in [9.17, 15) is 18.3 Å². The number of phenolic OH excluding ortho intramolecular Hbond substituents is 1. The molecule has 0 aromatic heterocycles. The lowest BCUT2D eigenvalue weighted by atomic mass is 9.82. The number of carbonyl (C=O) groups excluding carboxylic acids is 1. The molecule has 0 radical (unpaired) electrons. The molecule has 2 aromatic carbocycles. The van der Waals surface area contributed by atoms with Gasteiger partial charge in [0.2, 0.25) is 0 Å². The van der Waals surface area contributed by atoms with Gasteiger partial charge in [-0.3, -0.25) is 4.79 Å². The van der Waals surface area contributed by atoms with E-state index in [-0.39, 0.29) is 28.7 Å². The van der Waals surface area contributed by atoms with Gasteiger partial charge in [-0.2, -0.15) is 8.42 Å². The molecule has 2 aromatic rings. The van der Waals surface area contributed by atoms with Crippen molar-refractivity contribution in [1.29, 1.82) is 0 Å². The highest BCUT2D eigenvalue weighted by Crippen LogP contribution is 2.38. The van der Waals surface area contributed by atoms with E-state index in [0.717, 1.165) is 5.56 Å². The Morgan fingerprint density at radius 2 is 1.67 bits per heavy atom. The number of amidine groups is 2. The quantitative estimate of drug-likeness (QED) is 0.497. The first-order valence-electron chi connectivity index (χ1n) is 11.0. The fourth-order valence-electron chi connectivity index (χ4n) is 3.67. The van der Waals surface area contributed by atoms with Crippen molar-refractivity contribution in [2.24, 2.45) is 14.2 Å². The van der Waals surface area contributed by atoms with Crippen molar-refractivity contribution in [2.45, 2.75) is 26.8 Å². The molecular weight excluding hydrogens is 486 g/mol. The molecule has 1 aliphatic heterocycles. The van der Waals surface area contributed by atoms with E-state index in [0.29, 0.717) is 11.5 Å². The summed E-state index contributed by atoms with van der Waals surface area (Å²) in [6.45, 7) is 5.95. The van der Waals surface area contributed by atoms with Crippen LogP contribution >= 0.6 is 0 Å². The number of benzene rings is 2. The second-order valence-electron chi connectivity index (χ2n) is 9.41. The van der Waals surface area contributed by atoms with Gasteiger partial charge in [-0.15, -0.1) is 8.80 Å². The van der Waals surface area contributed by atoms with Crippen LogP contribution in [0.3, 0.4) is 0 Å². The molecule has 1 atom stereocenters. The summed E-state index contributed by atoms with van der Waals surface area (Å²) in [7, 11) is 2.03. The molecular formula is C24H31N5O6S.